The van der Waals surface area contributed by atoms with Gasteiger partial charge in [0.1, 0.15) is 0 Å². The van der Waals surface area contributed by atoms with E-state index in [1.807, 2.05) is 0 Å². The highest BCUT2D eigenvalue weighted by atomic mass is 16.3. The summed E-state index contributed by atoms with van der Waals surface area (Å²) in [6, 6.07) is 0. The number of aliphatic hydroxyl groups is 2. The van der Waals surface area contributed by atoms with E-state index in [1.54, 1.807) is 0 Å². The summed E-state index contributed by atoms with van der Waals surface area (Å²) in [6.45, 7) is 0. The van der Waals surface area contributed by atoms with Gasteiger partial charge < -0.3 is 10.2 Å². The third kappa shape index (κ3) is 0.775. The van der Waals surface area contributed by atoms with Crippen LogP contribution < -0.4 is 0 Å². The highest BCUT2D eigenvalue weighted by molar-refractivity contribution is 5.02. The van der Waals surface area contributed by atoms with Gasteiger partial charge in [-0.1, -0.05) is 0 Å². The fraction of sp³-hybridized carbons (Fsp3) is 1.00. The van der Waals surface area contributed by atoms with Crippen LogP contribution in [0.4, 0.5) is 0 Å². The van der Waals surface area contributed by atoms with Gasteiger partial charge in [0.2, 0.25) is 0 Å². The van der Waals surface area contributed by atoms with Crippen molar-refractivity contribution < 1.29 is 10.2 Å². The molecule has 0 saturated heterocycles. The average molecular weight is 168 g/mol. The average Bonchev–Trinajstić information content (AvgIpc) is 2.07. The predicted octanol–water partition coefficient (Wildman–Crippen LogP) is 0.774. The maximum absolute atomic E-state index is 9.84. The second-order valence-electron chi connectivity index (χ2n) is 4.97. The molecule has 0 amide bonds. The molecule has 4 aliphatic carbocycles. The van der Waals surface area contributed by atoms with Crippen LogP contribution in [0, 0.1) is 23.7 Å². The second kappa shape index (κ2) is 2.24. The zero-order valence-electron chi connectivity index (χ0n) is 7.19. The van der Waals surface area contributed by atoms with Crippen LogP contribution in [-0.4, -0.2) is 22.4 Å². The van der Waals surface area contributed by atoms with Crippen molar-refractivity contribution in [2.45, 2.75) is 37.9 Å². The van der Waals surface area contributed by atoms with Crippen molar-refractivity contribution in [1.29, 1.82) is 0 Å². The molecule has 0 aromatic rings. The van der Waals surface area contributed by atoms with Gasteiger partial charge in [-0.2, -0.15) is 0 Å². The highest BCUT2D eigenvalue weighted by Crippen LogP contribution is 2.53. The van der Waals surface area contributed by atoms with E-state index in [9.17, 15) is 10.2 Å². The van der Waals surface area contributed by atoms with Gasteiger partial charge in [-0.15, -0.1) is 0 Å². The van der Waals surface area contributed by atoms with Crippen LogP contribution in [-0.2, 0) is 0 Å². The Balaban J connectivity index is 1.93. The summed E-state index contributed by atoms with van der Waals surface area (Å²) < 4.78 is 0. The molecule has 12 heavy (non-hydrogen) atoms. The molecule has 4 saturated carbocycles. The Labute approximate surface area is 72.6 Å². The first-order valence-electron chi connectivity index (χ1n) is 5.12. The third-order valence-electron chi connectivity index (χ3n) is 4.33. The Morgan fingerprint density at radius 1 is 0.750 bits per heavy atom. The topological polar surface area (TPSA) is 40.5 Å². The second-order valence-corrected chi connectivity index (χ2v) is 4.97. The lowest BCUT2D eigenvalue weighted by molar-refractivity contribution is -0.161. The molecule has 4 bridgehead atoms. The van der Waals surface area contributed by atoms with E-state index in [2.05, 4.69) is 0 Å². The molecule has 0 aromatic heterocycles. The van der Waals surface area contributed by atoms with Crippen molar-refractivity contribution in [2.24, 2.45) is 23.7 Å². The molecular formula is C10H16O2. The van der Waals surface area contributed by atoms with Crippen LogP contribution in [0.5, 0.6) is 0 Å². The molecule has 2 heteroatoms. The van der Waals surface area contributed by atoms with Crippen LogP contribution in [0.25, 0.3) is 0 Å². The van der Waals surface area contributed by atoms with Gasteiger partial charge in [0.25, 0.3) is 0 Å². The number of hydrogen-bond donors (Lipinski definition) is 2. The molecule has 0 radical (unpaired) electrons. The molecule has 2 N–H and O–H groups in total. The first-order chi connectivity index (χ1) is 5.75. The number of aliphatic hydroxyl groups excluding tert-OH is 2. The molecule has 0 aliphatic heterocycles. The monoisotopic (exact) mass is 168 g/mol. The van der Waals surface area contributed by atoms with E-state index >= 15 is 0 Å². The molecule has 68 valence electrons. The molecule has 0 heterocycles. The largest absolute Gasteiger partial charge is 0.392 e. The van der Waals surface area contributed by atoms with Gasteiger partial charge in [-0.05, 0) is 43.4 Å². The van der Waals surface area contributed by atoms with Gasteiger partial charge >= 0.3 is 0 Å². The van der Waals surface area contributed by atoms with Gasteiger partial charge in [-0.3, -0.25) is 0 Å². The summed E-state index contributed by atoms with van der Waals surface area (Å²) in [5.41, 5.74) is 0. The summed E-state index contributed by atoms with van der Waals surface area (Å²) in [5, 5.41) is 19.7. The SMILES string of the molecule is O[C@@H]1C2CC3CC(C2)[C@@H](O)C1C3. The maximum atomic E-state index is 9.84. The van der Waals surface area contributed by atoms with Crippen LogP contribution in [0.3, 0.4) is 0 Å². The lowest BCUT2D eigenvalue weighted by atomic mass is 9.54. The third-order valence-corrected chi connectivity index (χ3v) is 4.33. The van der Waals surface area contributed by atoms with E-state index < -0.39 is 0 Å². The minimum atomic E-state index is -0.187. The zero-order chi connectivity index (χ0) is 8.29. The Bertz CT molecular complexity index is 186. The first kappa shape index (κ1) is 7.34. The van der Waals surface area contributed by atoms with Crippen molar-refractivity contribution in [1.82, 2.24) is 0 Å². The number of hydrogen-bond acceptors (Lipinski definition) is 2. The van der Waals surface area contributed by atoms with E-state index in [-0.39, 0.29) is 18.1 Å². The predicted molar refractivity (Wildman–Crippen MR) is 44.4 cm³/mol. The van der Waals surface area contributed by atoms with Gasteiger partial charge in [0.15, 0.2) is 0 Å². The quantitative estimate of drug-likeness (QED) is 0.561. The zero-order valence-corrected chi connectivity index (χ0v) is 7.19. The van der Waals surface area contributed by atoms with Crippen molar-refractivity contribution in [2.75, 3.05) is 0 Å². The summed E-state index contributed by atoms with van der Waals surface area (Å²) >= 11 is 0. The van der Waals surface area contributed by atoms with Gasteiger partial charge in [0, 0.05) is 5.92 Å². The first-order valence-corrected chi connectivity index (χ1v) is 5.12. The molecule has 2 nitrogen and oxygen atoms in total. The van der Waals surface area contributed by atoms with E-state index in [0.29, 0.717) is 11.8 Å². The normalized spacial score (nSPS) is 62.5. The van der Waals surface area contributed by atoms with E-state index in [4.69, 9.17) is 0 Å². The minimum absolute atomic E-state index is 0.187. The smallest absolute Gasteiger partial charge is 0.0621 e. The number of rotatable bonds is 0. The van der Waals surface area contributed by atoms with E-state index in [1.165, 1.54) is 12.8 Å². The Morgan fingerprint density at radius 2 is 1.33 bits per heavy atom. The summed E-state index contributed by atoms with van der Waals surface area (Å²) in [5.74, 6) is 2.10. The Morgan fingerprint density at radius 3 is 1.92 bits per heavy atom. The van der Waals surface area contributed by atoms with Gasteiger partial charge in [0.05, 0.1) is 12.2 Å². The lowest BCUT2D eigenvalue weighted by Crippen LogP contribution is -2.55. The summed E-state index contributed by atoms with van der Waals surface area (Å²) in [7, 11) is 0. The van der Waals surface area contributed by atoms with Crippen LogP contribution in [0.15, 0.2) is 0 Å². The molecule has 0 aromatic carbocycles. The van der Waals surface area contributed by atoms with Crippen molar-refractivity contribution in [3.8, 4) is 0 Å². The van der Waals surface area contributed by atoms with Crippen molar-refractivity contribution in [3.05, 3.63) is 0 Å². The Kier molecular flexibility index (Phi) is 1.37. The standard InChI is InChI=1S/C10H16O2/c11-9-6-1-5-2-7(4-6)10(12)8(9)3-5/h5-12H,1-4H2/t5?,6?,7?,8?,9-,10-/m1/s1. The van der Waals surface area contributed by atoms with Crippen LogP contribution in [0.1, 0.15) is 25.7 Å². The van der Waals surface area contributed by atoms with E-state index in [0.717, 1.165) is 18.8 Å². The molecule has 2 unspecified atom stereocenters. The van der Waals surface area contributed by atoms with Gasteiger partial charge in [-0.25, -0.2) is 0 Å². The fourth-order valence-electron chi connectivity index (χ4n) is 3.85. The molecular weight excluding hydrogens is 152 g/mol. The summed E-state index contributed by atoms with van der Waals surface area (Å²) in [4.78, 5) is 0. The minimum Gasteiger partial charge on any atom is -0.392 e. The lowest BCUT2D eigenvalue weighted by Gasteiger charge is -2.55. The van der Waals surface area contributed by atoms with Crippen LogP contribution >= 0.6 is 0 Å². The molecule has 4 fully saturated rings. The molecule has 4 atom stereocenters. The fourth-order valence-corrected chi connectivity index (χ4v) is 3.85. The molecule has 0 spiro atoms. The molecule has 4 aliphatic rings. The molecule has 4 rings (SSSR count). The summed E-state index contributed by atoms with van der Waals surface area (Å²) in [6.07, 6.45) is 4.23. The van der Waals surface area contributed by atoms with Crippen molar-refractivity contribution >= 4 is 0 Å². The van der Waals surface area contributed by atoms with Crippen molar-refractivity contribution in [3.63, 3.8) is 0 Å². The Hall–Kier alpha value is -0.0800. The van der Waals surface area contributed by atoms with Crippen LogP contribution in [0.2, 0.25) is 0 Å². The highest BCUT2D eigenvalue weighted by Gasteiger charge is 2.52. The maximum Gasteiger partial charge on any atom is 0.0621 e.